The second kappa shape index (κ2) is 4.78. The largest absolute Gasteiger partial charge is 0.384 e. The summed E-state index contributed by atoms with van der Waals surface area (Å²) in [7, 11) is 0. The molecule has 0 aromatic heterocycles. The molecule has 0 unspecified atom stereocenters. The Morgan fingerprint density at radius 2 is 1.75 bits per heavy atom. The number of nitrogens with one attached hydrogen (secondary N) is 1. The van der Waals surface area contributed by atoms with E-state index in [2.05, 4.69) is 31.3 Å². The van der Waals surface area contributed by atoms with Crippen LogP contribution < -0.4 is 5.32 Å². The standard InChI is InChI=1S/C18H19NO/c1-11-8-13(3)16(9-12(11)2)18(20)15-5-4-14-6-7-19-17(14)10-15/h4-5,8-10,19H,6-7H2,1-3H3. The average Bonchev–Trinajstić information content (AvgIpc) is 2.89. The van der Waals surface area contributed by atoms with Gasteiger partial charge in [0, 0.05) is 23.4 Å². The highest BCUT2D eigenvalue weighted by Gasteiger charge is 2.16. The van der Waals surface area contributed by atoms with E-state index >= 15 is 0 Å². The van der Waals surface area contributed by atoms with Gasteiger partial charge in [0.25, 0.3) is 0 Å². The summed E-state index contributed by atoms with van der Waals surface area (Å²) < 4.78 is 0. The third-order valence-electron chi connectivity index (χ3n) is 4.17. The van der Waals surface area contributed by atoms with Crippen LogP contribution in [0.3, 0.4) is 0 Å². The predicted molar refractivity (Wildman–Crippen MR) is 82.7 cm³/mol. The SMILES string of the molecule is Cc1cc(C)c(C(=O)c2ccc3c(c2)NCC3)cc1C. The van der Waals surface area contributed by atoms with E-state index in [4.69, 9.17) is 0 Å². The van der Waals surface area contributed by atoms with Crippen molar-refractivity contribution in [2.45, 2.75) is 27.2 Å². The van der Waals surface area contributed by atoms with Crippen molar-refractivity contribution in [2.24, 2.45) is 0 Å². The zero-order chi connectivity index (χ0) is 14.3. The van der Waals surface area contributed by atoms with Crippen molar-refractivity contribution in [1.29, 1.82) is 0 Å². The van der Waals surface area contributed by atoms with Gasteiger partial charge in [-0.05, 0) is 61.6 Å². The Hall–Kier alpha value is -2.09. The van der Waals surface area contributed by atoms with Crippen LogP contribution in [-0.4, -0.2) is 12.3 Å². The van der Waals surface area contributed by atoms with Crippen molar-refractivity contribution < 1.29 is 4.79 Å². The second-order valence-electron chi connectivity index (χ2n) is 5.63. The quantitative estimate of drug-likeness (QED) is 0.837. The van der Waals surface area contributed by atoms with Crippen molar-refractivity contribution in [2.75, 3.05) is 11.9 Å². The maximum absolute atomic E-state index is 12.7. The second-order valence-corrected chi connectivity index (χ2v) is 5.63. The number of ketones is 1. The van der Waals surface area contributed by atoms with E-state index in [1.807, 2.05) is 25.1 Å². The van der Waals surface area contributed by atoms with Crippen LogP contribution in [0.25, 0.3) is 0 Å². The van der Waals surface area contributed by atoms with Crippen molar-refractivity contribution in [3.8, 4) is 0 Å². The maximum Gasteiger partial charge on any atom is 0.193 e. The van der Waals surface area contributed by atoms with Gasteiger partial charge in [0.15, 0.2) is 5.78 Å². The molecule has 2 aromatic rings. The Bertz CT molecular complexity index is 701. The van der Waals surface area contributed by atoms with Crippen LogP contribution in [0.5, 0.6) is 0 Å². The van der Waals surface area contributed by atoms with E-state index < -0.39 is 0 Å². The lowest BCUT2D eigenvalue weighted by Crippen LogP contribution is -2.05. The van der Waals surface area contributed by atoms with Gasteiger partial charge in [-0.1, -0.05) is 18.2 Å². The molecule has 0 saturated carbocycles. The highest BCUT2D eigenvalue weighted by atomic mass is 16.1. The number of benzene rings is 2. The summed E-state index contributed by atoms with van der Waals surface area (Å²) in [6.45, 7) is 7.10. The lowest BCUT2D eigenvalue weighted by atomic mass is 9.94. The number of hydrogen-bond donors (Lipinski definition) is 1. The molecule has 0 fully saturated rings. The fourth-order valence-corrected chi connectivity index (χ4v) is 2.79. The number of hydrogen-bond acceptors (Lipinski definition) is 2. The molecule has 1 aliphatic rings. The Kier molecular flexibility index (Phi) is 3.09. The molecule has 0 aliphatic carbocycles. The third kappa shape index (κ3) is 2.11. The van der Waals surface area contributed by atoms with Gasteiger partial charge in [-0.15, -0.1) is 0 Å². The lowest BCUT2D eigenvalue weighted by Gasteiger charge is -2.10. The molecule has 3 rings (SSSR count). The van der Waals surface area contributed by atoms with E-state index in [9.17, 15) is 4.79 Å². The van der Waals surface area contributed by atoms with Gasteiger partial charge in [0.2, 0.25) is 0 Å². The normalized spacial score (nSPS) is 12.9. The number of fused-ring (bicyclic) bond motifs is 1. The smallest absolute Gasteiger partial charge is 0.193 e. The van der Waals surface area contributed by atoms with Crippen molar-refractivity contribution in [3.05, 3.63) is 63.7 Å². The summed E-state index contributed by atoms with van der Waals surface area (Å²) in [6.07, 6.45) is 1.05. The van der Waals surface area contributed by atoms with Crippen LogP contribution in [0.4, 0.5) is 5.69 Å². The first-order chi connectivity index (χ1) is 9.56. The number of anilines is 1. The Balaban J connectivity index is 2.03. The molecule has 1 heterocycles. The van der Waals surface area contributed by atoms with Gasteiger partial charge in [-0.2, -0.15) is 0 Å². The van der Waals surface area contributed by atoms with E-state index in [0.29, 0.717) is 0 Å². The number of aryl methyl sites for hydroxylation is 3. The Morgan fingerprint density at radius 3 is 2.55 bits per heavy atom. The molecule has 1 N–H and O–H groups in total. The summed E-state index contributed by atoms with van der Waals surface area (Å²) >= 11 is 0. The molecule has 102 valence electrons. The van der Waals surface area contributed by atoms with Gasteiger partial charge < -0.3 is 5.32 Å². The summed E-state index contributed by atoms with van der Waals surface area (Å²) in [5, 5.41) is 3.33. The van der Waals surface area contributed by atoms with E-state index in [-0.39, 0.29) is 5.78 Å². The minimum absolute atomic E-state index is 0.113. The van der Waals surface area contributed by atoms with Crippen LogP contribution in [0.15, 0.2) is 30.3 Å². The average molecular weight is 265 g/mol. The first-order valence-corrected chi connectivity index (χ1v) is 7.05. The molecular weight excluding hydrogens is 246 g/mol. The topological polar surface area (TPSA) is 29.1 Å². The molecule has 20 heavy (non-hydrogen) atoms. The third-order valence-corrected chi connectivity index (χ3v) is 4.17. The van der Waals surface area contributed by atoms with Gasteiger partial charge in [0.05, 0.1) is 0 Å². The summed E-state index contributed by atoms with van der Waals surface area (Å²) in [6, 6.07) is 10.1. The van der Waals surface area contributed by atoms with Crippen LogP contribution in [0.1, 0.15) is 38.2 Å². The van der Waals surface area contributed by atoms with Crippen molar-refractivity contribution >= 4 is 11.5 Å². The molecule has 0 radical (unpaired) electrons. The van der Waals surface area contributed by atoms with Gasteiger partial charge in [0.1, 0.15) is 0 Å². The molecule has 2 aromatic carbocycles. The molecule has 0 bridgehead atoms. The van der Waals surface area contributed by atoms with Crippen molar-refractivity contribution in [3.63, 3.8) is 0 Å². The minimum atomic E-state index is 0.113. The highest BCUT2D eigenvalue weighted by molar-refractivity contribution is 6.10. The van der Waals surface area contributed by atoms with E-state index in [1.54, 1.807) is 0 Å². The summed E-state index contributed by atoms with van der Waals surface area (Å²) in [5.41, 5.74) is 7.44. The van der Waals surface area contributed by atoms with Crippen LogP contribution in [-0.2, 0) is 6.42 Å². The molecule has 0 spiro atoms. The van der Waals surface area contributed by atoms with Crippen LogP contribution in [0, 0.1) is 20.8 Å². The van der Waals surface area contributed by atoms with Gasteiger partial charge >= 0.3 is 0 Å². The van der Waals surface area contributed by atoms with Crippen LogP contribution in [0.2, 0.25) is 0 Å². The van der Waals surface area contributed by atoms with Crippen LogP contribution >= 0.6 is 0 Å². The molecule has 0 amide bonds. The highest BCUT2D eigenvalue weighted by Crippen LogP contribution is 2.25. The number of rotatable bonds is 2. The zero-order valence-corrected chi connectivity index (χ0v) is 12.2. The first-order valence-electron chi connectivity index (χ1n) is 7.05. The summed E-state index contributed by atoms with van der Waals surface area (Å²) in [5.74, 6) is 0.113. The molecule has 0 saturated heterocycles. The monoisotopic (exact) mass is 265 g/mol. The number of carbonyl (C=O) groups is 1. The minimum Gasteiger partial charge on any atom is -0.384 e. The van der Waals surface area contributed by atoms with Gasteiger partial charge in [-0.3, -0.25) is 4.79 Å². The molecular formula is C18H19NO. The molecule has 2 nitrogen and oxygen atoms in total. The fraction of sp³-hybridized carbons (Fsp3) is 0.278. The molecule has 0 atom stereocenters. The predicted octanol–water partition coefficient (Wildman–Crippen LogP) is 3.81. The van der Waals surface area contributed by atoms with E-state index in [0.717, 1.165) is 35.3 Å². The first kappa shape index (κ1) is 12.9. The maximum atomic E-state index is 12.7. The zero-order valence-electron chi connectivity index (χ0n) is 12.2. The Morgan fingerprint density at radius 1 is 1.00 bits per heavy atom. The van der Waals surface area contributed by atoms with Crippen molar-refractivity contribution in [1.82, 2.24) is 0 Å². The summed E-state index contributed by atoms with van der Waals surface area (Å²) in [4.78, 5) is 12.7. The lowest BCUT2D eigenvalue weighted by molar-refractivity contribution is 0.103. The number of carbonyl (C=O) groups excluding carboxylic acids is 1. The Labute approximate surface area is 119 Å². The fourth-order valence-electron chi connectivity index (χ4n) is 2.79. The van der Waals surface area contributed by atoms with Gasteiger partial charge in [-0.25, -0.2) is 0 Å². The molecule has 2 heteroatoms. The van der Waals surface area contributed by atoms with E-state index in [1.165, 1.54) is 16.7 Å². The molecule has 1 aliphatic heterocycles.